The molecule has 0 radical (unpaired) electrons. The SMILES string of the molecule is CC1=CCCC12c1ccccc1-c1c2ccc2c3cc(-c4ccccc4)ccc3n(-c3nc(-c4ccc5sc6ccccc6c5c4)nc(-c4ccc5sc6ccccc6c5c4)n3)c12. The summed E-state index contributed by atoms with van der Waals surface area (Å²) in [6, 6.07) is 62.2. The largest absolute Gasteiger partial charge is 0.277 e. The van der Waals surface area contributed by atoms with Crippen molar-refractivity contribution in [1.82, 2.24) is 19.5 Å². The third-order valence-corrected chi connectivity index (χ3v) is 16.2. The number of hydrogen-bond donors (Lipinski definition) is 0. The summed E-state index contributed by atoms with van der Waals surface area (Å²) in [5, 5.41) is 7.29. The lowest BCUT2D eigenvalue weighted by Gasteiger charge is -2.29. The second-order valence-corrected chi connectivity index (χ2v) is 19.3. The molecule has 0 saturated carbocycles. The number of rotatable bonds is 4. The summed E-state index contributed by atoms with van der Waals surface area (Å²) in [6.45, 7) is 2.33. The summed E-state index contributed by atoms with van der Waals surface area (Å²) in [5.74, 6) is 1.91. The Morgan fingerprint density at radius 1 is 0.476 bits per heavy atom. The number of allylic oxidation sites excluding steroid dienone is 2. The molecule has 0 N–H and O–H groups in total. The molecule has 1 atom stereocenters. The summed E-state index contributed by atoms with van der Waals surface area (Å²) in [5.41, 5.74) is 13.1. The quantitative estimate of drug-likeness (QED) is 0.166. The van der Waals surface area contributed by atoms with Crippen LogP contribution >= 0.6 is 22.7 Å². The Bertz CT molecular complexity index is 3810. The van der Waals surface area contributed by atoms with Crippen molar-refractivity contribution in [2.75, 3.05) is 0 Å². The molecule has 2 aliphatic rings. The fourth-order valence-electron chi connectivity index (χ4n) is 11.0. The first-order valence-electron chi connectivity index (χ1n) is 21.6. The van der Waals surface area contributed by atoms with Crippen molar-refractivity contribution in [2.45, 2.75) is 25.2 Å². The standard InChI is InChI=1S/C57H36N4S2/c1-33-12-11-29-57(33)45-18-8-5-17-41(45)52-46(57)25-24-40-42-30-35(34-13-3-2-4-14-34)21-26-47(42)61(53(40)52)56-59-54(36-22-27-50-43(31-36)38-15-6-9-19-48(38)62-50)58-55(60-56)37-23-28-51-44(32-37)39-16-7-10-20-49(39)63-51/h2-10,12-28,30-32H,11,29H2,1H3. The fraction of sp³-hybridized carbons (Fsp3) is 0.0702. The van der Waals surface area contributed by atoms with Gasteiger partial charge in [0.1, 0.15) is 0 Å². The van der Waals surface area contributed by atoms with Crippen LogP contribution in [0.3, 0.4) is 0 Å². The Balaban J connectivity index is 1.10. The van der Waals surface area contributed by atoms with Crippen molar-refractivity contribution < 1.29 is 0 Å². The topological polar surface area (TPSA) is 43.6 Å². The van der Waals surface area contributed by atoms with Gasteiger partial charge < -0.3 is 0 Å². The molecular formula is C57H36N4S2. The lowest BCUT2D eigenvalue weighted by molar-refractivity contribution is 0.609. The molecule has 0 aliphatic heterocycles. The summed E-state index contributed by atoms with van der Waals surface area (Å²) >= 11 is 3.65. The monoisotopic (exact) mass is 840 g/mol. The van der Waals surface area contributed by atoms with Crippen molar-refractivity contribution in [3.63, 3.8) is 0 Å². The highest BCUT2D eigenvalue weighted by Gasteiger charge is 2.47. The van der Waals surface area contributed by atoms with Gasteiger partial charge in [0.25, 0.3) is 0 Å². The van der Waals surface area contributed by atoms with E-state index in [4.69, 9.17) is 15.0 Å². The smallest absolute Gasteiger partial charge is 0.238 e. The zero-order valence-electron chi connectivity index (χ0n) is 34.3. The highest BCUT2D eigenvalue weighted by atomic mass is 32.1. The molecule has 2 aliphatic carbocycles. The zero-order chi connectivity index (χ0) is 41.4. The van der Waals surface area contributed by atoms with Gasteiger partial charge in [0.2, 0.25) is 5.95 Å². The second-order valence-electron chi connectivity index (χ2n) is 17.1. The minimum absolute atomic E-state index is 0.163. The molecule has 0 amide bonds. The van der Waals surface area contributed by atoms with Crippen LogP contribution in [0.1, 0.15) is 30.9 Å². The van der Waals surface area contributed by atoms with E-state index in [0.29, 0.717) is 17.6 Å². The van der Waals surface area contributed by atoms with Crippen LogP contribution in [0.5, 0.6) is 0 Å². The van der Waals surface area contributed by atoms with Gasteiger partial charge in [-0.15, -0.1) is 22.7 Å². The molecule has 4 heterocycles. The van der Waals surface area contributed by atoms with E-state index in [1.165, 1.54) is 90.1 Å². The predicted molar refractivity (Wildman–Crippen MR) is 265 cm³/mol. The van der Waals surface area contributed by atoms with Crippen molar-refractivity contribution >= 4 is 84.8 Å². The summed E-state index contributed by atoms with van der Waals surface area (Å²) in [4.78, 5) is 16.5. The molecule has 1 unspecified atom stereocenters. The molecule has 8 aromatic carbocycles. The number of fused-ring (bicyclic) bond motifs is 15. The Morgan fingerprint density at radius 3 is 1.76 bits per heavy atom. The van der Waals surface area contributed by atoms with E-state index in [1.54, 1.807) is 0 Å². The Kier molecular flexibility index (Phi) is 7.37. The average Bonchev–Trinajstić information content (AvgIpc) is 4.15. The van der Waals surface area contributed by atoms with Gasteiger partial charge in [-0.2, -0.15) is 9.97 Å². The van der Waals surface area contributed by atoms with E-state index < -0.39 is 0 Å². The van der Waals surface area contributed by atoms with Gasteiger partial charge in [0, 0.05) is 73.2 Å². The molecular weight excluding hydrogens is 805 g/mol. The molecule has 63 heavy (non-hydrogen) atoms. The van der Waals surface area contributed by atoms with Gasteiger partial charge >= 0.3 is 0 Å². The maximum atomic E-state index is 5.55. The maximum Gasteiger partial charge on any atom is 0.238 e. The van der Waals surface area contributed by atoms with Crippen molar-refractivity contribution in [1.29, 1.82) is 0 Å². The number of nitrogens with zero attached hydrogens (tertiary/aromatic N) is 4. The molecule has 1 spiro atoms. The number of hydrogen-bond acceptors (Lipinski definition) is 5. The van der Waals surface area contributed by atoms with Crippen LogP contribution in [0.4, 0.5) is 0 Å². The van der Waals surface area contributed by atoms with Crippen LogP contribution in [0, 0.1) is 0 Å². The number of benzene rings is 8. The van der Waals surface area contributed by atoms with Crippen molar-refractivity contribution in [3.05, 3.63) is 193 Å². The minimum Gasteiger partial charge on any atom is -0.277 e. The summed E-state index contributed by atoms with van der Waals surface area (Å²) in [7, 11) is 0. The van der Waals surface area contributed by atoms with Crippen LogP contribution < -0.4 is 0 Å². The minimum atomic E-state index is -0.163. The lowest BCUT2D eigenvalue weighted by Crippen LogP contribution is -2.23. The zero-order valence-corrected chi connectivity index (χ0v) is 35.9. The fourth-order valence-corrected chi connectivity index (χ4v) is 13.2. The molecule has 4 aromatic heterocycles. The molecule has 0 fully saturated rings. The average molecular weight is 841 g/mol. The highest BCUT2D eigenvalue weighted by molar-refractivity contribution is 7.26. The molecule has 4 nitrogen and oxygen atoms in total. The number of thiophene rings is 2. The van der Waals surface area contributed by atoms with Crippen LogP contribution in [0.25, 0.3) is 113 Å². The van der Waals surface area contributed by atoms with Gasteiger partial charge in [-0.1, -0.05) is 121 Å². The van der Waals surface area contributed by atoms with Crippen LogP contribution in [0.15, 0.2) is 182 Å². The molecule has 0 saturated heterocycles. The van der Waals surface area contributed by atoms with Gasteiger partial charge in [0.05, 0.1) is 11.0 Å². The first kappa shape index (κ1) is 35.4. The Morgan fingerprint density at radius 2 is 1.08 bits per heavy atom. The first-order valence-corrected chi connectivity index (χ1v) is 23.3. The van der Waals surface area contributed by atoms with Gasteiger partial charge in [-0.25, -0.2) is 4.98 Å². The van der Waals surface area contributed by atoms with Crippen LogP contribution in [-0.2, 0) is 5.41 Å². The van der Waals surface area contributed by atoms with Crippen molar-refractivity contribution in [2.24, 2.45) is 0 Å². The molecule has 296 valence electrons. The van der Waals surface area contributed by atoms with E-state index in [-0.39, 0.29) is 5.41 Å². The Labute approximate surface area is 371 Å². The predicted octanol–water partition coefficient (Wildman–Crippen LogP) is 15.7. The van der Waals surface area contributed by atoms with E-state index in [1.807, 2.05) is 22.7 Å². The Hall–Kier alpha value is -7.25. The summed E-state index contributed by atoms with van der Waals surface area (Å²) < 4.78 is 7.41. The second kappa shape index (κ2) is 13.1. The van der Waals surface area contributed by atoms with Gasteiger partial charge in [-0.3, -0.25) is 4.57 Å². The van der Waals surface area contributed by atoms with E-state index in [2.05, 4.69) is 187 Å². The first-order chi connectivity index (χ1) is 31.1. The molecule has 0 bridgehead atoms. The van der Waals surface area contributed by atoms with E-state index >= 15 is 0 Å². The van der Waals surface area contributed by atoms with E-state index in [0.717, 1.165) is 35.0 Å². The van der Waals surface area contributed by atoms with Gasteiger partial charge in [-0.05, 0) is 108 Å². The molecule has 12 aromatic rings. The maximum absolute atomic E-state index is 5.55. The van der Waals surface area contributed by atoms with Crippen molar-refractivity contribution in [3.8, 4) is 51.0 Å². The van der Waals surface area contributed by atoms with Gasteiger partial charge in [0.15, 0.2) is 11.6 Å². The number of aromatic nitrogens is 4. The van der Waals surface area contributed by atoms with Crippen LogP contribution in [0.2, 0.25) is 0 Å². The third kappa shape index (κ3) is 4.99. The molecule has 14 rings (SSSR count). The normalized spacial score (nSPS) is 15.7. The third-order valence-electron chi connectivity index (χ3n) is 13.9. The lowest BCUT2D eigenvalue weighted by atomic mass is 9.73. The van der Waals surface area contributed by atoms with Crippen LogP contribution in [-0.4, -0.2) is 19.5 Å². The highest BCUT2D eigenvalue weighted by Crippen LogP contribution is 2.59. The summed E-state index contributed by atoms with van der Waals surface area (Å²) in [6.07, 6.45) is 4.57. The van der Waals surface area contributed by atoms with E-state index in [9.17, 15) is 0 Å². The molecule has 6 heteroatoms.